The third kappa shape index (κ3) is 2.24. The van der Waals surface area contributed by atoms with E-state index >= 15 is 0 Å². The Labute approximate surface area is 198 Å². The van der Waals surface area contributed by atoms with Gasteiger partial charge >= 0.3 is 0 Å². The average Bonchev–Trinajstić information content (AvgIpc) is 3.54. The van der Waals surface area contributed by atoms with Crippen LogP contribution in [-0.2, 0) is 12.8 Å². The van der Waals surface area contributed by atoms with Crippen molar-refractivity contribution in [3.63, 3.8) is 0 Å². The summed E-state index contributed by atoms with van der Waals surface area (Å²) in [5.74, 6) is 0. The molecule has 0 aliphatic heterocycles. The van der Waals surface area contributed by atoms with Crippen LogP contribution in [-0.4, -0.2) is 4.57 Å². The summed E-state index contributed by atoms with van der Waals surface area (Å²) in [4.78, 5) is 0. The van der Waals surface area contributed by atoms with Crippen molar-refractivity contribution in [2.45, 2.75) is 19.8 Å². The topological polar surface area (TPSA) is 4.93 Å². The molecular formula is C33H23N. The van der Waals surface area contributed by atoms with Crippen LogP contribution in [0.15, 0.2) is 97.1 Å². The van der Waals surface area contributed by atoms with E-state index in [0.29, 0.717) is 0 Å². The lowest BCUT2D eigenvalue weighted by Gasteiger charge is -2.15. The quantitative estimate of drug-likeness (QED) is 0.246. The van der Waals surface area contributed by atoms with E-state index in [-0.39, 0.29) is 0 Å². The first-order valence-corrected chi connectivity index (χ1v) is 12.1. The highest BCUT2D eigenvalue weighted by atomic mass is 15.0. The van der Waals surface area contributed by atoms with E-state index in [4.69, 9.17) is 0 Å². The number of aryl methyl sites for hydroxylation is 1. The van der Waals surface area contributed by atoms with Crippen LogP contribution in [0.4, 0.5) is 0 Å². The summed E-state index contributed by atoms with van der Waals surface area (Å²) in [6.07, 6.45) is 2.01. The van der Waals surface area contributed by atoms with Gasteiger partial charge in [-0.25, -0.2) is 0 Å². The lowest BCUT2D eigenvalue weighted by molar-refractivity contribution is 1.14. The standard InChI is InChI=1S/C33H23N/c1-20-14-16-23(17-15-20)34-29-13-7-6-12-26(29)32-31-25-11-5-3-8-21(25)18-27(31)30-24-10-4-2-9-22(24)19-28(30)33(32)34/h2-17H,18-19H2,1H3. The van der Waals surface area contributed by atoms with Crippen molar-refractivity contribution in [1.29, 1.82) is 0 Å². The minimum Gasteiger partial charge on any atom is -0.309 e. The molecule has 2 aliphatic carbocycles. The predicted molar refractivity (Wildman–Crippen MR) is 142 cm³/mol. The van der Waals surface area contributed by atoms with Crippen molar-refractivity contribution in [3.8, 4) is 27.9 Å². The third-order valence-electron chi connectivity index (χ3n) is 7.92. The molecule has 0 unspecified atom stereocenters. The highest BCUT2D eigenvalue weighted by molar-refractivity contribution is 6.21. The number of aromatic nitrogens is 1. The molecule has 5 aromatic carbocycles. The fraction of sp³-hybridized carbons (Fsp3) is 0.0909. The van der Waals surface area contributed by atoms with Gasteiger partial charge in [-0.3, -0.25) is 0 Å². The SMILES string of the molecule is Cc1ccc(-n2c3ccccc3c3c4c(c5c(c32)Cc2ccccc2-5)Cc2ccccc2-4)cc1. The molecule has 2 aliphatic rings. The molecule has 0 fully saturated rings. The lowest BCUT2D eigenvalue weighted by Crippen LogP contribution is -1.99. The molecular weight excluding hydrogens is 410 g/mol. The van der Waals surface area contributed by atoms with Gasteiger partial charge in [-0.15, -0.1) is 0 Å². The van der Waals surface area contributed by atoms with Gasteiger partial charge in [-0.2, -0.15) is 0 Å². The second-order valence-corrected chi connectivity index (χ2v) is 9.79. The number of para-hydroxylation sites is 1. The Bertz CT molecular complexity index is 1800. The molecule has 0 bridgehead atoms. The molecule has 160 valence electrons. The number of fused-ring (bicyclic) bond motifs is 12. The molecule has 6 aromatic rings. The monoisotopic (exact) mass is 433 g/mol. The lowest BCUT2D eigenvalue weighted by atomic mass is 9.91. The molecule has 1 nitrogen and oxygen atoms in total. The van der Waals surface area contributed by atoms with Crippen LogP contribution in [0.5, 0.6) is 0 Å². The van der Waals surface area contributed by atoms with Crippen LogP contribution < -0.4 is 0 Å². The zero-order valence-electron chi connectivity index (χ0n) is 19.1. The first-order valence-electron chi connectivity index (χ1n) is 12.1. The summed E-state index contributed by atoms with van der Waals surface area (Å²) in [6, 6.07) is 36.0. The smallest absolute Gasteiger partial charge is 0.0589 e. The van der Waals surface area contributed by atoms with Gasteiger partial charge < -0.3 is 4.57 Å². The minimum atomic E-state index is 0.994. The maximum atomic E-state index is 2.52. The third-order valence-corrected chi connectivity index (χ3v) is 7.92. The molecule has 0 amide bonds. The van der Waals surface area contributed by atoms with Crippen LogP contribution in [0, 0.1) is 6.92 Å². The summed E-state index contributed by atoms with van der Waals surface area (Å²) in [5.41, 5.74) is 16.8. The fourth-order valence-electron chi connectivity index (χ4n) is 6.51. The van der Waals surface area contributed by atoms with Gasteiger partial charge in [-0.1, -0.05) is 84.4 Å². The number of nitrogens with zero attached hydrogens (tertiary/aromatic N) is 1. The number of hydrogen-bond donors (Lipinski definition) is 0. The molecule has 0 saturated heterocycles. The molecule has 8 rings (SSSR count). The Balaban J connectivity index is 1.64. The van der Waals surface area contributed by atoms with Crippen molar-refractivity contribution < 1.29 is 0 Å². The zero-order valence-corrected chi connectivity index (χ0v) is 19.1. The highest BCUT2D eigenvalue weighted by Gasteiger charge is 2.34. The summed E-state index contributed by atoms with van der Waals surface area (Å²) in [7, 11) is 0. The van der Waals surface area contributed by atoms with Crippen molar-refractivity contribution in [3.05, 3.63) is 125 Å². The summed E-state index contributed by atoms with van der Waals surface area (Å²) >= 11 is 0. The van der Waals surface area contributed by atoms with E-state index < -0.39 is 0 Å². The van der Waals surface area contributed by atoms with Gasteiger partial charge in [0.05, 0.1) is 11.0 Å². The normalized spacial score (nSPS) is 13.2. The Morgan fingerprint density at radius 1 is 0.588 bits per heavy atom. The number of rotatable bonds is 1. The van der Waals surface area contributed by atoms with Gasteiger partial charge in [0, 0.05) is 22.9 Å². The number of benzene rings is 5. The first kappa shape index (κ1) is 18.3. The molecule has 0 atom stereocenters. The van der Waals surface area contributed by atoms with Crippen LogP contribution in [0.25, 0.3) is 49.7 Å². The van der Waals surface area contributed by atoms with E-state index in [1.165, 1.54) is 77.6 Å². The number of hydrogen-bond acceptors (Lipinski definition) is 0. The van der Waals surface area contributed by atoms with Gasteiger partial charge in [0.1, 0.15) is 0 Å². The second-order valence-electron chi connectivity index (χ2n) is 9.79. The van der Waals surface area contributed by atoms with E-state index in [9.17, 15) is 0 Å². The Hall–Kier alpha value is -4.10. The van der Waals surface area contributed by atoms with Gasteiger partial charge in [-0.05, 0) is 76.1 Å². The molecule has 34 heavy (non-hydrogen) atoms. The van der Waals surface area contributed by atoms with Crippen molar-refractivity contribution in [1.82, 2.24) is 4.57 Å². The van der Waals surface area contributed by atoms with Gasteiger partial charge in [0.25, 0.3) is 0 Å². The Morgan fingerprint density at radius 3 is 1.97 bits per heavy atom. The molecule has 0 radical (unpaired) electrons. The van der Waals surface area contributed by atoms with Crippen LogP contribution in [0.2, 0.25) is 0 Å². The van der Waals surface area contributed by atoms with Crippen molar-refractivity contribution in [2.24, 2.45) is 0 Å². The summed E-state index contributed by atoms with van der Waals surface area (Å²) < 4.78 is 2.52. The maximum Gasteiger partial charge on any atom is 0.0589 e. The first-order chi connectivity index (χ1) is 16.8. The summed E-state index contributed by atoms with van der Waals surface area (Å²) in [6.45, 7) is 2.16. The van der Waals surface area contributed by atoms with Crippen molar-refractivity contribution >= 4 is 21.8 Å². The van der Waals surface area contributed by atoms with Crippen molar-refractivity contribution in [2.75, 3.05) is 0 Å². The fourth-order valence-corrected chi connectivity index (χ4v) is 6.51. The Kier molecular flexibility index (Phi) is 3.50. The average molecular weight is 434 g/mol. The molecule has 1 heterocycles. The van der Waals surface area contributed by atoms with E-state index in [1.807, 2.05) is 0 Å². The molecule has 1 aromatic heterocycles. The second kappa shape index (κ2) is 6.48. The molecule has 1 heteroatoms. The minimum absolute atomic E-state index is 0.994. The summed E-state index contributed by atoms with van der Waals surface area (Å²) in [5, 5.41) is 2.77. The van der Waals surface area contributed by atoms with Crippen LogP contribution in [0.1, 0.15) is 27.8 Å². The van der Waals surface area contributed by atoms with Crippen LogP contribution >= 0.6 is 0 Å². The van der Waals surface area contributed by atoms with Gasteiger partial charge in [0.2, 0.25) is 0 Å². The van der Waals surface area contributed by atoms with E-state index in [1.54, 1.807) is 0 Å². The van der Waals surface area contributed by atoms with Gasteiger partial charge in [0.15, 0.2) is 0 Å². The molecule has 0 N–H and O–H groups in total. The van der Waals surface area contributed by atoms with E-state index in [2.05, 4.69) is 109 Å². The molecule has 0 saturated carbocycles. The van der Waals surface area contributed by atoms with E-state index in [0.717, 1.165) is 12.8 Å². The zero-order chi connectivity index (χ0) is 22.4. The van der Waals surface area contributed by atoms with Crippen LogP contribution in [0.3, 0.4) is 0 Å². The Morgan fingerprint density at radius 2 is 1.21 bits per heavy atom. The largest absolute Gasteiger partial charge is 0.309 e. The maximum absolute atomic E-state index is 2.52. The predicted octanol–water partition coefficient (Wildman–Crippen LogP) is 8.23. The molecule has 0 spiro atoms. The highest BCUT2D eigenvalue weighted by Crippen LogP contribution is 2.54.